The van der Waals surface area contributed by atoms with Crippen LogP contribution < -0.4 is 5.32 Å². The highest BCUT2D eigenvalue weighted by molar-refractivity contribution is 5.24. The molecule has 0 aromatic heterocycles. The van der Waals surface area contributed by atoms with Gasteiger partial charge in [0.15, 0.2) is 0 Å². The number of fused-ring (bicyclic) bond motifs is 1. The van der Waals surface area contributed by atoms with Crippen LogP contribution in [0.2, 0.25) is 0 Å². The number of aliphatic hydroxyl groups excluding tert-OH is 2. The van der Waals surface area contributed by atoms with E-state index in [-0.39, 0.29) is 17.6 Å². The fourth-order valence-electron chi connectivity index (χ4n) is 5.17. The SMILES string of the molecule is Cc1cccc(C[C@H](O)C=C[C@@H]2[C@H]3CC(CNCCCN(C)C(C)(C)C)=C[C@H]3C[C@H]2O)c1. The Balaban J connectivity index is 1.43. The van der Waals surface area contributed by atoms with E-state index in [1.807, 2.05) is 12.1 Å². The molecule has 0 bridgehead atoms. The summed E-state index contributed by atoms with van der Waals surface area (Å²) in [6.07, 6.45) is 9.25. The quantitative estimate of drug-likeness (QED) is 0.379. The number of hydrogen-bond acceptors (Lipinski definition) is 4. The summed E-state index contributed by atoms with van der Waals surface area (Å²) in [5, 5.41) is 24.7. The molecule has 4 heteroatoms. The topological polar surface area (TPSA) is 55.7 Å². The molecule has 1 saturated carbocycles. The highest BCUT2D eigenvalue weighted by Gasteiger charge is 2.43. The van der Waals surface area contributed by atoms with Crippen LogP contribution in [0.1, 0.15) is 51.2 Å². The van der Waals surface area contributed by atoms with Crippen LogP contribution in [0.5, 0.6) is 0 Å². The number of nitrogens with zero attached hydrogens (tertiary/aromatic N) is 1. The maximum absolute atomic E-state index is 10.6. The monoisotopic (exact) mass is 440 g/mol. The fraction of sp³-hybridized carbons (Fsp3) is 0.643. The van der Waals surface area contributed by atoms with Crippen molar-refractivity contribution in [3.05, 3.63) is 59.2 Å². The molecule has 1 aromatic rings. The lowest BCUT2D eigenvalue weighted by Crippen LogP contribution is -2.39. The summed E-state index contributed by atoms with van der Waals surface area (Å²) >= 11 is 0. The van der Waals surface area contributed by atoms with Crippen molar-refractivity contribution in [3.63, 3.8) is 0 Å². The van der Waals surface area contributed by atoms with Crippen LogP contribution in [0, 0.1) is 24.7 Å². The molecule has 178 valence electrons. The van der Waals surface area contributed by atoms with Crippen molar-refractivity contribution >= 4 is 0 Å². The number of allylic oxidation sites excluding steroid dienone is 1. The third kappa shape index (κ3) is 7.02. The normalized spacial score (nSPS) is 26.7. The predicted molar refractivity (Wildman–Crippen MR) is 134 cm³/mol. The van der Waals surface area contributed by atoms with Crippen LogP contribution >= 0.6 is 0 Å². The molecule has 5 atom stereocenters. The van der Waals surface area contributed by atoms with Crippen LogP contribution in [0.3, 0.4) is 0 Å². The summed E-state index contributed by atoms with van der Waals surface area (Å²) in [5.41, 5.74) is 4.07. The van der Waals surface area contributed by atoms with E-state index >= 15 is 0 Å². The van der Waals surface area contributed by atoms with Gasteiger partial charge in [0.2, 0.25) is 0 Å². The molecule has 0 unspecified atom stereocenters. The molecule has 2 aliphatic rings. The van der Waals surface area contributed by atoms with Crippen molar-refractivity contribution in [2.75, 3.05) is 26.7 Å². The van der Waals surface area contributed by atoms with Gasteiger partial charge in [-0.2, -0.15) is 0 Å². The number of aliphatic hydroxyl groups is 2. The number of nitrogens with one attached hydrogen (secondary N) is 1. The maximum atomic E-state index is 10.6. The number of rotatable bonds is 10. The van der Waals surface area contributed by atoms with Crippen molar-refractivity contribution < 1.29 is 10.2 Å². The van der Waals surface area contributed by atoms with E-state index < -0.39 is 6.10 Å². The molecular formula is C28H44N2O2. The summed E-state index contributed by atoms with van der Waals surface area (Å²) in [7, 11) is 2.19. The predicted octanol–water partition coefficient (Wildman–Crippen LogP) is 4.11. The number of benzene rings is 1. The van der Waals surface area contributed by atoms with E-state index in [1.165, 1.54) is 11.1 Å². The largest absolute Gasteiger partial charge is 0.392 e. The van der Waals surface area contributed by atoms with E-state index in [0.29, 0.717) is 18.3 Å². The standard InChI is InChI=1S/C28H44N2O2/c1-20-8-6-9-21(14-20)16-24(31)10-11-25-26-17-22(15-23(26)18-27(25)32)19-29-12-7-13-30(5)28(2,3)4/h6,8-11,14-15,23-27,29,31-32H,7,12-13,16-19H2,1-5H3/t23-,24+,25+,26-,27+/m0/s1. The Morgan fingerprint density at radius 2 is 2.06 bits per heavy atom. The van der Waals surface area contributed by atoms with E-state index in [0.717, 1.165) is 44.5 Å². The van der Waals surface area contributed by atoms with Gasteiger partial charge in [-0.05, 0) is 84.5 Å². The van der Waals surface area contributed by atoms with Gasteiger partial charge in [0.05, 0.1) is 12.2 Å². The Labute approximate surface area is 195 Å². The van der Waals surface area contributed by atoms with Crippen molar-refractivity contribution in [1.82, 2.24) is 10.2 Å². The Morgan fingerprint density at radius 3 is 2.78 bits per heavy atom. The van der Waals surface area contributed by atoms with E-state index in [1.54, 1.807) is 0 Å². The molecule has 4 nitrogen and oxygen atoms in total. The van der Waals surface area contributed by atoms with Gasteiger partial charge in [-0.15, -0.1) is 0 Å². The fourth-order valence-corrected chi connectivity index (χ4v) is 5.17. The van der Waals surface area contributed by atoms with E-state index in [4.69, 9.17) is 0 Å². The summed E-state index contributed by atoms with van der Waals surface area (Å²) in [5.74, 6) is 1.08. The first-order chi connectivity index (χ1) is 15.1. The van der Waals surface area contributed by atoms with Gasteiger partial charge in [0.25, 0.3) is 0 Å². The zero-order chi connectivity index (χ0) is 23.3. The van der Waals surface area contributed by atoms with E-state index in [9.17, 15) is 10.2 Å². The zero-order valence-corrected chi connectivity index (χ0v) is 20.7. The molecule has 3 N–H and O–H groups in total. The van der Waals surface area contributed by atoms with Gasteiger partial charge in [-0.25, -0.2) is 0 Å². The minimum atomic E-state index is -0.509. The van der Waals surface area contributed by atoms with Crippen LogP contribution in [0.25, 0.3) is 0 Å². The first-order valence-electron chi connectivity index (χ1n) is 12.3. The van der Waals surface area contributed by atoms with Gasteiger partial charge in [0.1, 0.15) is 0 Å². The summed E-state index contributed by atoms with van der Waals surface area (Å²) < 4.78 is 0. The second-order valence-electron chi connectivity index (χ2n) is 11.0. The van der Waals surface area contributed by atoms with Crippen LogP contribution in [0.4, 0.5) is 0 Å². The third-order valence-electron chi connectivity index (χ3n) is 7.38. The molecule has 3 rings (SSSR count). The molecule has 0 radical (unpaired) electrons. The molecule has 0 amide bonds. The van der Waals surface area contributed by atoms with Gasteiger partial charge >= 0.3 is 0 Å². The minimum absolute atomic E-state index is 0.140. The first-order valence-corrected chi connectivity index (χ1v) is 12.3. The third-order valence-corrected chi connectivity index (χ3v) is 7.38. The first kappa shape index (κ1) is 25.2. The van der Waals surface area contributed by atoms with Crippen LogP contribution in [0.15, 0.2) is 48.1 Å². The summed E-state index contributed by atoms with van der Waals surface area (Å²) in [6, 6.07) is 8.30. The zero-order valence-electron chi connectivity index (χ0n) is 20.7. The number of aryl methyl sites for hydroxylation is 1. The Kier molecular flexibility index (Phi) is 8.74. The van der Waals surface area contributed by atoms with Crippen molar-refractivity contribution in [2.45, 2.75) is 71.1 Å². The smallest absolute Gasteiger partial charge is 0.0761 e. The maximum Gasteiger partial charge on any atom is 0.0761 e. The Bertz CT molecular complexity index is 795. The van der Waals surface area contributed by atoms with Gasteiger partial charge in [-0.3, -0.25) is 0 Å². The number of hydrogen-bond donors (Lipinski definition) is 3. The summed E-state index contributed by atoms with van der Waals surface area (Å²) in [4.78, 5) is 2.40. The van der Waals surface area contributed by atoms with Crippen LogP contribution in [-0.2, 0) is 6.42 Å². The molecule has 0 aliphatic heterocycles. The highest BCUT2D eigenvalue weighted by Crippen LogP contribution is 2.47. The van der Waals surface area contributed by atoms with Crippen molar-refractivity contribution in [1.29, 1.82) is 0 Å². The van der Waals surface area contributed by atoms with Gasteiger partial charge in [-0.1, -0.05) is 53.6 Å². The van der Waals surface area contributed by atoms with Gasteiger partial charge in [0, 0.05) is 24.4 Å². The lowest BCUT2D eigenvalue weighted by Gasteiger charge is -2.31. The molecular weight excluding hydrogens is 396 g/mol. The summed E-state index contributed by atoms with van der Waals surface area (Å²) in [6.45, 7) is 11.9. The molecule has 1 aromatic carbocycles. The average molecular weight is 441 g/mol. The molecule has 2 aliphatic carbocycles. The molecule has 1 fully saturated rings. The molecule has 0 heterocycles. The van der Waals surface area contributed by atoms with Crippen molar-refractivity contribution in [3.8, 4) is 0 Å². The second-order valence-corrected chi connectivity index (χ2v) is 11.0. The van der Waals surface area contributed by atoms with E-state index in [2.05, 4.69) is 75.3 Å². The lowest BCUT2D eigenvalue weighted by molar-refractivity contribution is 0.140. The van der Waals surface area contributed by atoms with Gasteiger partial charge < -0.3 is 20.4 Å². The Hall–Kier alpha value is -1.46. The van der Waals surface area contributed by atoms with Crippen LogP contribution in [-0.4, -0.2) is 59.5 Å². The van der Waals surface area contributed by atoms with Crippen molar-refractivity contribution in [2.24, 2.45) is 17.8 Å². The second kappa shape index (κ2) is 11.1. The Morgan fingerprint density at radius 1 is 1.28 bits per heavy atom. The lowest BCUT2D eigenvalue weighted by atomic mass is 9.89. The minimum Gasteiger partial charge on any atom is -0.392 e. The average Bonchev–Trinajstić information content (AvgIpc) is 3.21. The molecule has 32 heavy (non-hydrogen) atoms. The molecule has 0 saturated heterocycles. The molecule has 0 spiro atoms. The highest BCUT2D eigenvalue weighted by atomic mass is 16.3.